The van der Waals surface area contributed by atoms with Crippen LogP contribution in [-0.4, -0.2) is 40.3 Å². The summed E-state index contributed by atoms with van der Waals surface area (Å²) in [5.74, 6) is 0.0747. The van der Waals surface area contributed by atoms with Crippen LogP contribution in [0.1, 0.15) is 56.7 Å². The minimum Gasteiger partial charge on any atom is -0.490 e. The first-order chi connectivity index (χ1) is 13.1. The van der Waals surface area contributed by atoms with Crippen LogP contribution in [0.15, 0.2) is 12.1 Å². The van der Waals surface area contributed by atoms with Gasteiger partial charge in [0.1, 0.15) is 11.8 Å². The number of amides is 1. The van der Waals surface area contributed by atoms with Crippen molar-refractivity contribution in [3.63, 3.8) is 0 Å². The number of aliphatic hydroxyl groups excluding tert-OH is 1. The summed E-state index contributed by atoms with van der Waals surface area (Å²) in [5, 5.41) is 22.0. The fourth-order valence-corrected chi connectivity index (χ4v) is 4.16. The number of carbonyl (C=O) groups excluding carboxylic acids is 1. The Morgan fingerprint density at radius 3 is 2.32 bits per heavy atom. The van der Waals surface area contributed by atoms with Gasteiger partial charge in [0, 0.05) is 13.3 Å². The number of benzene rings is 1. The van der Waals surface area contributed by atoms with Crippen LogP contribution in [0.4, 0.5) is 0 Å². The van der Waals surface area contributed by atoms with Crippen molar-refractivity contribution >= 4 is 11.9 Å². The SMILES string of the molecule is CC(=O)NC(Cc1cc(C)c(OC2CCC(O)C(C(C)C)C2)c(C)c1)C(=O)O. The summed E-state index contributed by atoms with van der Waals surface area (Å²) in [7, 11) is 0. The average molecular weight is 392 g/mol. The maximum absolute atomic E-state index is 11.4. The third-order valence-electron chi connectivity index (χ3n) is 5.59. The van der Waals surface area contributed by atoms with Crippen LogP contribution in [0.25, 0.3) is 0 Å². The van der Waals surface area contributed by atoms with E-state index in [1.54, 1.807) is 0 Å². The molecule has 0 aliphatic heterocycles. The van der Waals surface area contributed by atoms with E-state index in [0.717, 1.165) is 41.7 Å². The zero-order chi connectivity index (χ0) is 21.0. The number of aryl methyl sites for hydroxylation is 2. The van der Waals surface area contributed by atoms with Gasteiger partial charge in [-0.25, -0.2) is 4.79 Å². The standard InChI is InChI=1S/C22H33NO5/c1-12(2)18-11-17(6-7-20(18)25)28-21-13(3)8-16(9-14(21)4)10-19(22(26)27)23-15(5)24/h8-9,12,17-20,25H,6-7,10-11H2,1-5H3,(H,23,24)(H,26,27). The maximum Gasteiger partial charge on any atom is 0.326 e. The lowest BCUT2D eigenvalue weighted by molar-refractivity contribution is -0.141. The Labute approximate surface area is 167 Å². The van der Waals surface area contributed by atoms with Crippen LogP contribution in [0.5, 0.6) is 5.75 Å². The van der Waals surface area contributed by atoms with E-state index in [1.165, 1.54) is 6.92 Å². The Balaban J connectivity index is 2.13. The zero-order valence-corrected chi connectivity index (χ0v) is 17.5. The Morgan fingerprint density at radius 1 is 1.21 bits per heavy atom. The molecular weight excluding hydrogens is 358 g/mol. The van der Waals surface area contributed by atoms with Crippen LogP contribution in [0.2, 0.25) is 0 Å². The minimum atomic E-state index is -1.05. The number of aliphatic hydroxyl groups is 1. The molecule has 1 aromatic rings. The molecule has 4 unspecified atom stereocenters. The molecule has 6 nitrogen and oxygen atoms in total. The second-order valence-corrected chi connectivity index (χ2v) is 8.38. The lowest BCUT2D eigenvalue weighted by atomic mass is 9.78. The molecule has 1 aliphatic carbocycles. The van der Waals surface area contributed by atoms with E-state index in [2.05, 4.69) is 19.2 Å². The summed E-state index contributed by atoms with van der Waals surface area (Å²) in [4.78, 5) is 22.6. The van der Waals surface area contributed by atoms with Crippen LogP contribution in [-0.2, 0) is 16.0 Å². The highest BCUT2D eigenvalue weighted by Crippen LogP contribution is 2.35. The van der Waals surface area contributed by atoms with Gasteiger partial charge in [0.05, 0.1) is 12.2 Å². The van der Waals surface area contributed by atoms with Crippen molar-refractivity contribution in [1.29, 1.82) is 0 Å². The molecule has 1 aliphatic rings. The average Bonchev–Trinajstić information content (AvgIpc) is 2.58. The van der Waals surface area contributed by atoms with Gasteiger partial charge in [0.15, 0.2) is 0 Å². The van der Waals surface area contributed by atoms with E-state index >= 15 is 0 Å². The molecular formula is C22H33NO5. The third kappa shape index (κ3) is 5.71. The van der Waals surface area contributed by atoms with Gasteiger partial charge in [-0.15, -0.1) is 0 Å². The highest BCUT2D eigenvalue weighted by Gasteiger charge is 2.32. The Morgan fingerprint density at radius 2 is 1.82 bits per heavy atom. The molecule has 1 amide bonds. The number of carboxylic acids is 1. The highest BCUT2D eigenvalue weighted by atomic mass is 16.5. The first-order valence-electron chi connectivity index (χ1n) is 10.0. The van der Waals surface area contributed by atoms with Crippen molar-refractivity contribution in [1.82, 2.24) is 5.32 Å². The van der Waals surface area contributed by atoms with Gasteiger partial charge in [-0.05, 0) is 61.6 Å². The van der Waals surface area contributed by atoms with Gasteiger partial charge in [0.2, 0.25) is 5.91 Å². The van der Waals surface area contributed by atoms with Gasteiger partial charge < -0.3 is 20.3 Å². The van der Waals surface area contributed by atoms with Gasteiger partial charge in [0.25, 0.3) is 0 Å². The molecule has 4 atom stereocenters. The monoisotopic (exact) mass is 391 g/mol. The first kappa shape index (κ1) is 22.2. The number of rotatable bonds is 7. The Kier molecular flexibility index (Phi) is 7.47. The molecule has 1 saturated carbocycles. The number of ether oxygens (including phenoxy) is 1. The van der Waals surface area contributed by atoms with Crippen molar-refractivity contribution in [3.05, 3.63) is 28.8 Å². The van der Waals surface area contributed by atoms with Gasteiger partial charge in [-0.2, -0.15) is 0 Å². The number of carbonyl (C=O) groups is 2. The summed E-state index contributed by atoms with van der Waals surface area (Å²) < 4.78 is 6.32. The van der Waals surface area contributed by atoms with Crippen LogP contribution in [0.3, 0.4) is 0 Å². The van der Waals surface area contributed by atoms with Crippen molar-refractivity contribution < 1.29 is 24.5 Å². The predicted octanol–water partition coefficient (Wildman–Crippen LogP) is 3.00. The molecule has 3 N–H and O–H groups in total. The highest BCUT2D eigenvalue weighted by molar-refractivity contribution is 5.82. The number of hydrogen-bond donors (Lipinski definition) is 3. The topological polar surface area (TPSA) is 95.9 Å². The summed E-state index contributed by atoms with van der Waals surface area (Å²) in [6.07, 6.45) is 2.46. The zero-order valence-electron chi connectivity index (χ0n) is 17.5. The molecule has 0 aromatic heterocycles. The van der Waals surface area contributed by atoms with Crippen molar-refractivity contribution in [2.75, 3.05) is 0 Å². The quantitative estimate of drug-likeness (QED) is 0.664. The first-order valence-corrected chi connectivity index (χ1v) is 10.0. The van der Waals surface area contributed by atoms with E-state index in [-0.39, 0.29) is 30.5 Å². The van der Waals surface area contributed by atoms with Crippen LogP contribution in [0, 0.1) is 25.7 Å². The van der Waals surface area contributed by atoms with Crippen molar-refractivity contribution in [2.24, 2.45) is 11.8 Å². The second-order valence-electron chi connectivity index (χ2n) is 8.38. The summed E-state index contributed by atoms with van der Waals surface area (Å²) in [6, 6.07) is 2.91. The lowest BCUT2D eigenvalue weighted by Gasteiger charge is -2.36. The minimum absolute atomic E-state index is 0.0743. The molecule has 6 heteroatoms. The molecule has 156 valence electrons. The normalized spacial score (nSPS) is 23.3. The van der Waals surface area contributed by atoms with Crippen molar-refractivity contribution in [2.45, 2.75) is 78.6 Å². The van der Waals surface area contributed by atoms with Gasteiger partial charge in [-0.3, -0.25) is 4.79 Å². The molecule has 0 saturated heterocycles. The molecule has 0 bridgehead atoms. The van der Waals surface area contributed by atoms with Gasteiger partial charge >= 0.3 is 5.97 Å². The molecule has 2 rings (SSSR count). The number of nitrogens with one attached hydrogen (secondary N) is 1. The molecule has 1 aromatic carbocycles. The number of hydrogen-bond acceptors (Lipinski definition) is 4. The third-order valence-corrected chi connectivity index (χ3v) is 5.59. The second kappa shape index (κ2) is 9.41. The number of aliphatic carboxylic acids is 1. The Bertz CT molecular complexity index is 692. The summed E-state index contributed by atoms with van der Waals surface area (Å²) in [6.45, 7) is 9.50. The maximum atomic E-state index is 11.4. The molecule has 0 heterocycles. The van der Waals surface area contributed by atoms with E-state index in [0.29, 0.717) is 5.92 Å². The summed E-state index contributed by atoms with van der Waals surface area (Å²) >= 11 is 0. The fourth-order valence-electron chi connectivity index (χ4n) is 4.16. The lowest BCUT2D eigenvalue weighted by Crippen LogP contribution is -2.41. The van der Waals surface area contributed by atoms with Gasteiger partial charge in [-0.1, -0.05) is 26.0 Å². The Hall–Kier alpha value is -2.08. The number of carboxylic acid groups (broad SMARTS) is 1. The van der Waals surface area contributed by atoms with E-state index in [1.807, 2.05) is 26.0 Å². The van der Waals surface area contributed by atoms with Crippen LogP contribution < -0.4 is 10.1 Å². The molecule has 28 heavy (non-hydrogen) atoms. The molecule has 1 fully saturated rings. The largest absolute Gasteiger partial charge is 0.490 e. The molecule has 0 spiro atoms. The van der Waals surface area contributed by atoms with E-state index in [9.17, 15) is 19.8 Å². The van der Waals surface area contributed by atoms with Crippen LogP contribution >= 0.6 is 0 Å². The summed E-state index contributed by atoms with van der Waals surface area (Å²) in [5.41, 5.74) is 2.76. The predicted molar refractivity (Wildman–Crippen MR) is 107 cm³/mol. The van der Waals surface area contributed by atoms with Crippen molar-refractivity contribution in [3.8, 4) is 5.75 Å². The molecule has 0 radical (unpaired) electrons. The smallest absolute Gasteiger partial charge is 0.326 e. The van der Waals surface area contributed by atoms with E-state index < -0.39 is 12.0 Å². The fraction of sp³-hybridized carbons (Fsp3) is 0.636. The van der Waals surface area contributed by atoms with E-state index in [4.69, 9.17) is 4.74 Å².